The Labute approximate surface area is 226 Å². The molecule has 3 aliphatic rings. The number of fused-ring (bicyclic) bond motifs is 1. The Morgan fingerprint density at radius 1 is 1.05 bits per heavy atom. The van der Waals surface area contributed by atoms with Gasteiger partial charge in [0.2, 0.25) is 10.0 Å². The molecule has 206 valence electrons. The molecule has 3 aromatic rings. The third-order valence-electron chi connectivity index (χ3n) is 7.51. The number of halogens is 1. The van der Waals surface area contributed by atoms with Crippen LogP contribution in [0.1, 0.15) is 42.7 Å². The third kappa shape index (κ3) is 4.96. The number of anilines is 1. The normalized spacial score (nSPS) is 21.7. The molecule has 2 aliphatic heterocycles. The van der Waals surface area contributed by atoms with Crippen molar-refractivity contribution >= 4 is 42.6 Å². The number of hydrogen-bond donors (Lipinski definition) is 1. The standard InChI is InChI=1S/C27H28FN3O6S2/c28-26-23-13-19(21-7-4-12-30(15-21)38(33,34)22-10-11-22)8-9-20(23)14-24(37-17-18-5-2-1-3-6-18)27(26)31-16-25(32)29-39(31,35)36/h1-3,5-6,8-9,13-14,21-22H,4,7,10-12,15-17H2,(H,29,32). The highest BCUT2D eigenvalue weighted by molar-refractivity contribution is 7.92. The van der Waals surface area contributed by atoms with Crippen molar-refractivity contribution in [2.45, 2.75) is 43.5 Å². The smallest absolute Gasteiger partial charge is 0.326 e. The highest BCUT2D eigenvalue weighted by Crippen LogP contribution is 2.41. The lowest BCUT2D eigenvalue weighted by molar-refractivity contribution is -0.117. The first-order valence-electron chi connectivity index (χ1n) is 12.9. The van der Waals surface area contributed by atoms with Crippen LogP contribution in [0.2, 0.25) is 0 Å². The number of piperidine rings is 1. The van der Waals surface area contributed by atoms with Gasteiger partial charge in [-0.25, -0.2) is 26.1 Å². The molecule has 3 aromatic carbocycles. The van der Waals surface area contributed by atoms with Gasteiger partial charge in [0.15, 0.2) is 5.82 Å². The largest absolute Gasteiger partial charge is 0.487 e. The minimum Gasteiger partial charge on any atom is -0.487 e. The van der Waals surface area contributed by atoms with Gasteiger partial charge in [0, 0.05) is 18.5 Å². The van der Waals surface area contributed by atoms with Crippen LogP contribution in [-0.4, -0.2) is 51.9 Å². The van der Waals surface area contributed by atoms with Crippen LogP contribution in [0.3, 0.4) is 0 Å². The second-order valence-electron chi connectivity index (χ2n) is 10.3. The van der Waals surface area contributed by atoms with Gasteiger partial charge in [-0.2, -0.15) is 8.42 Å². The van der Waals surface area contributed by atoms with E-state index in [1.165, 1.54) is 0 Å². The molecule has 6 rings (SSSR count). The molecule has 0 spiro atoms. The highest BCUT2D eigenvalue weighted by atomic mass is 32.2. The predicted octanol–water partition coefficient (Wildman–Crippen LogP) is 3.41. The first-order valence-corrected chi connectivity index (χ1v) is 15.8. The van der Waals surface area contributed by atoms with Crippen molar-refractivity contribution in [3.8, 4) is 5.75 Å². The molecule has 9 nitrogen and oxygen atoms in total. The Balaban J connectivity index is 1.39. The minimum atomic E-state index is -4.30. The average molecular weight is 574 g/mol. The van der Waals surface area contributed by atoms with Crippen molar-refractivity contribution in [2.75, 3.05) is 23.9 Å². The molecule has 0 radical (unpaired) electrons. The van der Waals surface area contributed by atoms with E-state index >= 15 is 4.39 Å². The van der Waals surface area contributed by atoms with E-state index in [-0.39, 0.29) is 34.6 Å². The van der Waals surface area contributed by atoms with Crippen molar-refractivity contribution in [1.82, 2.24) is 9.03 Å². The fourth-order valence-corrected chi connectivity index (χ4v) is 8.42. The van der Waals surface area contributed by atoms with Gasteiger partial charge in [-0.1, -0.05) is 42.5 Å². The Hall–Kier alpha value is -3.22. The van der Waals surface area contributed by atoms with Crippen LogP contribution in [0.25, 0.3) is 10.8 Å². The topological polar surface area (TPSA) is 113 Å². The molecule has 3 fully saturated rings. The summed E-state index contributed by atoms with van der Waals surface area (Å²) in [6, 6.07) is 16.0. The summed E-state index contributed by atoms with van der Waals surface area (Å²) in [5.41, 5.74) is 1.25. The molecule has 39 heavy (non-hydrogen) atoms. The number of amides is 1. The lowest BCUT2D eigenvalue weighted by atomic mass is 9.90. The number of ether oxygens (including phenoxy) is 1. The SMILES string of the molecule is O=C1CN(c2c(OCc3ccccc3)cc3ccc(C4CCCN(S(=O)(=O)C5CC5)C4)cc3c2F)S(=O)(=O)N1. The van der Waals surface area contributed by atoms with E-state index < -0.39 is 38.5 Å². The van der Waals surface area contributed by atoms with E-state index in [1.54, 1.807) is 22.5 Å². The molecule has 1 atom stereocenters. The number of benzene rings is 3. The van der Waals surface area contributed by atoms with Gasteiger partial charge < -0.3 is 4.74 Å². The summed E-state index contributed by atoms with van der Waals surface area (Å²) >= 11 is 0. The van der Waals surface area contributed by atoms with Gasteiger partial charge in [0.05, 0.1) is 5.25 Å². The fraction of sp³-hybridized carbons (Fsp3) is 0.370. The molecule has 2 saturated heterocycles. The number of hydrogen-bond acceptors (Lipinski definition) is 6. The second kappa shape index (κ2) is 9.76. The fourth-order valence-electron chi connectivity index (χ4n) is 5.34. The zero-order chi connectivity index (χ0) is 27.4. The number of sulfonamides is 1. The van der Waals surface area contributed by atoms with Crippen LogP contribution >= 0.6 is 0 Å². The van der Waals surface area contributed by atoms with E-state index in [0.29, 0.717) is 42.0 Å². The van der Waals surface area contributed by atoms with E-state index in [0.717, 1.165) is 17.5 Å². The summed E-state index contributed by atoms with van der Waals surface area (Å²) in [6.07, 6.45) is 2.85. The van der Waals surface area contributed by atoms with E-state index in [9.17, 15) is 21.6 Å². The Bertz CT molecular complexity index is 1660. The molecule has 12 heteroatoms. The van der Waals surface area contributed by atoms with Crippen LogP contribution in [-0.2, 0) is 31.6 Å². The van der Waals surface area contributed by atoms with Crippen molar-refractivity contribution in [1.29, 1.82) is 0 Å². The third-order valence-corrected chi connectivity index (χ3v) is 11.3. The maximum Gasteiger partial charge on any atom is 0.326 e. The maximum atomic E-state index is 16.3. The van der Waals surface area contributed by atoms with E-state index in [4.69, 9.17) is 4.74 Å². The van der Waals surface area contributed by atoms with Gasteiger partial charge in [-0.15, -0.1) is 0 Å². The molecular weight excluding hydrogens is 545 g/mol. The monoisotopic (exact) mass is 573 g/mol. The molecule has 1 unspecified atom stereocenters. The van der Waals surface area contributed by atoms with Crippen LogP contribution in [0, 0.1) is 5.82 Å². The quantitative estimate of drug-likeness (QED) is 0.464. The number of nitrogens with one attached hydrogen (secondary N) is 1. The summed E-state index contributed by atoms with van der Waals surface area (Å²) in [6.45, 7) is 0.315. The zero-order valence-corrected chi connectivity index (χ0v) is 22.7. The molecule has 1 N–H and O–H groups in total. The van der Waals surface area contributed by atoms with Crippen LogP contribution in [0.5, 0.6) is 5.75 Å². The molecule has 0 aromatic heterocycles. The van der Waals surface area contributed by atoms with Gasteiger partial charge in [0.25, 0.3) is 5.91 Å². The van der Waals surface area contributed by atoms with Crippen molar-refractivity contribution < 1.29 is 30.8 Å². The van der Waals surface area contributed by atoms with Crippen molar-refractivity contribution in [3.05, 3.63) is 71.5 Å². The Morgan fingerprint density at radius 2 is 1.82 bits per heavy atom. The maximum absolute atomic E-state index is 16.3. The van der Waals surface area contributed by atoms with E-state index in [1.807, 2.05) is 41.1 Å². The van der Waals surface area contributed by atoms with E-state index in [2.05, 4.69) is 0 Å². The Kier molecular flexibility index (Phi) is 6.51. The number of rotatable bonds is 7. The summed E-state index contributed by atoms with van der Waals surface area (Å²) in [4.78, 5) is 12.0. The van der Waals surface area contributed by atoms with Gasteiger partial charge in [-0.3, -0.25) is 4.79 Å². The van der Waals surface area contributed by atoms with Gasteiger partial charge in [-0.05, 0) is 60.2 Å². The van der Waals surface area contributed by atoms with Gasteiger partial charge in [0.1, 0.15) is 24.6 Å². The zero-order valence-electron chi connectivity index (χ0n) is 21.0. The highest BCUT2D eigenvalue weighted by Gasteiger charge is 2.42. The lowest BCUT2D eigenvalue weighted by Crippen LogP contribution is -2.40. The lowest BCUT2D eigenvalue weighted by Gasteiger charge is -2.32. The molecule has 1 aliphatic carbocycles. The average Bonchev–Trinajstić information content (AvgIpc) is 3.74. The Morgan fingerprint density at radius 3 is 2.51 bits per heavy atom. The number of carbonyl (C=O) groups excluding carboxylic acids is 1. The molecular formula is C27H28FN3O6S2. The van der Waals surface area contributed by atoms with Crippen LogP contribution < -0.4 is 13.8 Å². The first kappa shape index (κ1) is 26.0. The molecule has 0 bridgehead atoms. The van der Waals surface area contributed by atoms with Crippen molar-refractivity contribution in [3.63, 3.8) is 0 Å². The molecule has 1 amide bonds. The summed E-state index contributed by atoms with van der Waals surface area (Å²) in [5, 5.41) is 0.379. The van der Waals surface area contributed by atoms with Crippen LogP contribution in [0.4, 0.5) is 10.1 Å². The first-order chi connectivity index (χ1) is 18.6. The minimum absolute atomic E-state index is 0.00366. The predicted molar refractivity (Wildman–Crippen MR) is 145 cm³/mol. The molecule has 1 saturated carbocycles. The molecule has 2 heterocycles. The second-order valence-corrected chi connectivity index (χ2v) is 14.1. The summed E-state index contributed by atoms with van der Waals surface area (Å²) in [7, 11) is -7.62. The number of nitrogens with zero attached hydrogens (tertiary/aromatic N) is 2. The summed E-state index contributed by atoms with van der Waals surface area (Å²) in [5.74, 6) is -1.71. The van der Waals surface area contributed by atoms with Crippen LogP contribution in [0.15, 0.2) is 54.6 Å². The summed E-state index contributed by atoms with van der Waals surface area (Å²) < 4.78 is 77.4. The van der Waals surface area contributed by atoms with Gasteiger partial charge >= 0.3 is 10.2 Å². The van der Waals surface area contributed by atoms with Crippen molar-refractivity contribution in [2.24, 2.45) is 0 Å². The number of carbonyl (C=O) groups is 1.